The van der Waals surface area contributed by atoms with Crippen LogP contribution in [-0.4, -0.2) is 51.4 Å². The number of benzene rings is 3. The van der Waals surface area contributed by atoms with Crippen molar-refractivity contribution in [2.24, 2.45) is 0 Å². The van der Waals surface area contributed by atoms with Crippen LogP contribution in [0.3, 0.4) is 0 Å². The SMILES string of the molecule is CCCCNC(=O)[C@@H](C)N(Cc1ccc(Br)cc1)C(=O)CN(c1ccc(OC)cc1)S(=O)(=O)c1ccccc1. The van der Waals surface area contributed by atoms with Gasteiger partial charge in [0, 0.05) is 17.6 Å². The van der Waals surface area contributed by atoms with Gasteiger partial charge in [-0.1, -0.05) is 59.6 Å². The van der Waals surface area contributed by atoms with Crippen molar-refractivity contribution in [1.82, 2.24) is 10.2 Å². The Morgan fingerprint density at radius 1 is 0.974 bits per heavy atom. The van der Waals surface area contributed by atoms with E-state index in [4.69, 9.17) is 4.74 Å². The molecule has 1 atom stereocenters. The molecule has 3 aromatic rings. The van der Waals surface area contributed by atoms with Crippen molar-refractivity contribution in [2.45, 2.75) is 44.2 Å². The van der Waals surface area contributed by atoms with E-state index < -0.39 is 28.5 Å². The number of sulfonamides is 1. The van der Waals surface area contributed by atoms with Gasteiger partial charge >= 0.3 is 0 Å². The number of rotatable bonds is 13. The summed E-state index contributed by atoms with van der Waals surface area (Å²) in [4.78, 5) is 28.3. The molecule has 0 aliphatic rings. The molecule has 10 heteroatoms. The van der Waals surface area contributed by atoms with Gasteiger partial charge in [0.05, 0.1) is 17.7 Å². The van der Waals surface area contributed by atoms with E-state index in [1.54, 1.807) is 49.4 Å². The second kappa shape index (κ2) is 14.1. The number of hydrogen-bond donors (Lipinski definition) is 1. The molecule has 0 aromatic heterocycles. The smallest absolute Gasteiger partial charge is 0.264 e. The number of ether oxygens (including phenoxy) is 1. The summed E-state index contributed by atoms with van der Waals surface area (Å²) >= 11 is 3.41. The van der Waals surface area contributed by atoms with Crippen molar-refractivity contribution in [2.75, 3.05) is 24.5 Å². The van der Waals surface area contributed by atoms with Gasteiger partial charge in [-0.2, -0.15) is 0 Å². The first-order valence-corrected chi connectivity index (χ1v) is 14.9. The van der Waals surface area contributed by atoms with Crippen LogP contribution in [0.2, 0.25) is 0 Å². The van der Waals surface area contributed by atoms with Crippen LogP contribution in [-0.2, 0) is 26.2 Å². The number of nitrogens with one attached hydrogen (secondary N) is 1. The lowest BCUT2D eigenvalue weighted by atomic mass is 10.1. The largest absolute Gasteiger partial charge is 0.497 e. The number of nitrogens with zero attached hydrogens (tertiary/aromatic N) is 2. The van der Waals surface area contributed by atoms with Crippen LogP contribution in [0.1, 0.15) is 32.3 Å². The van der Waals surface area contributed by atoms with Gasteiger partial charge in [0.1, 0.15) is 18.3 Å². The number of halogens is 1. The fraction of sp³-hybridized carbons (Fsp3) is 0.310. The molecule has 0 saturated carbocycles. The molecule has 0 aliphatic heterocycles. The molecule has 0 bridgehead atoms. The molecule has 0 fully saturated rings. The summed E-state index contributed by atoms with van der Waals surface area (Å²) in [5, 5.41) is 2.88. The normalized spacial score (nSPS) is 11.9. The maximum atomic E-state index is 13.9. The van der Waals surface area contributed by atoms with E-state index >= 15 is 0 Å². The highest BCUT2D eigenvalue weighted by molar-refractivity contribution is 9.10. The van der Waals surface area contributed by atoms with E-state index in [1.165, 1.54) is 24.1 Å². The summed E-state index contributed by atoms with van der Waals surface area (Å²) < 4.78 is 34.7. The van der Waals surface area contributed by atoms with Crippen LogP contribution < -0.4 is 14.4 Å². The van der Waals surface area contributed by atoms with Crippen LogP contribution in [0, 0.1) is 0 Å². The first-order valence-electron chi connectivity index (χ1n) is 12.7. The molecular weight excluding hydrogens is 582 g/mol. The van der Waals surface area contributed by atoms with Gasteiger partial charge in [-0.05, 0) is 67.4 Å². The molecule has 208 valence electrons. The van der Waals surface area contributed by atoms with Crippen molar-refractivity contribution < 1.29 is 22.7 Å². The molecule has 0 unspecified atom stereocenters. The Hall–Kier alpha value is -3.37. The molecule has 0 aliphatic carbocycles. The average Bonchev–Trinajstić information content (AvgIpc) is 2.95. The van der Waals surface area contributed by atoms with Crippen LogP contribution in [0.4, 0.5) is 5.69 Å². The van der Waals surface area contributed by atoms with Crippen molar-refractivity contribution in [3.8, 4) is 5.75 Å². The highest BCUT2D eigenvalue weighted by Crippen LogP contribution is 2.26. The molecule has 39 heavy (non-hydrogen) atoms. The summed E-state index contributed by atoms with van der Waals surface area (Å²) in [5.41, 5.74) is 1.11. The molecule has 8 nitrogen and oxygen atoms in total. The van der Waals surface area contributed by atoms with E-state index in [0.29, 0.717) is 18.0 Å². The average molecular weight is 617 g/mol. The lowest BCUT2D eigenvalue weighted by molar-refractivity contribution is -0.139. The molecular formula is C29H34BrN3O5S. The molecule has 3 aromatic carbocycles. The minimum atomic E-state index is -4.11. The Morgan fingerprint density at radius 2 is 1.62 bits per heavy atom. The number of amides is 2. The van der Waals surface area contributed by atoms with E-state index in [-0.39, 0.29) is 17.3 Å². The lowest BCUT2D eigenvalue weighted by Gasteiger charge is -2.32. The second-order valence-electron chi connectivity index (χ2n) is 8.99. The number of anilines is 1. The third-order valence-corrected chi connectivity index (χ3v) is 8.55. The summed E-state index contributed by atoms with van der Waals surface area (Å²) in [5.74, 6) is -0.251. The van der Waals surface area contributed by atoms with Crippen LogP contribution in [0.25, 0.3) is 0 Å². The Kier molecular flexibility index (Phi) is 10.9. The molecule has 3 rings (SSSR count). The lowest BCUT2D eigenvalue weighted by Crippen LogP contribution is -2.51. The highest BCUT2D eigenvalue weighted by atomic mass is 79.9. The van der Waals surface area contributed by atoms with Crippen molar-refractivity contribution >= 4 is 43.5 Å². The molecule has 1 N–H and O–H groups in total. The Balaban J connectivity index is 1.98. The first kappa shape index (κ1) is 30.2. The second-order valence-corrected chi connectivity index (χ2v) is 11.8. The minimum Gasteiger partial charge on any atom is -0.497 e. The quantitative estimate of drug-likeness (QED) is 0.273. The standard InChI is InChI=1S/C29H34BrN3O5S/c1-4-5-19-31-29(35)22(2)32(20-23-11-13-24(30)14-12-23)28(34)21-33(25-15-17-26(38-3)18-16-25)39(36,37)27-9-7-6-8-10-27/h6-18,22H,4-5,19-21H2,1-3H3,(H,31,35)/t22-/m1/s1. The van der Waals surface area contributed by atoms with E-state index in [2.05, 4.69) is 21.2 Å². The zero-order valence-electron chi connectivity index (χ0n) is 22.3. The minimum absolute atomic E-state index is 0.0541. The number of hydrogen-bond acceptors (Lipinski definition) is 5. The predicted molar refractivity (Wildman–Crippen MR) is 156 cm³/mol. The number of carbonyl (C=O) groups is 2. The van der Waals surface area contributed by atoms with E-state index in [1.807, 2.05) is 31.2 Å². The topological polar surface area (TPSA) is 96.0 Å². The highest BCUT2D eigenvalue weighted by Gasteiger charge is 2.32. The fourth-order valence-electron chi connectivity index (χ4n) is 3.90. The van der Waals surface area contributed by atoms with Gasteiger partial charge in [-0.3, -0.25) is 13.9 Å². The molecule has 0 spiro atoms. The number of unbranched alkanes of at least 4 members (excludes halogenated alkanes) is 1. The van der Waals surface area contributed by atoms with Gasteiger partial charge in [0.2, 0.25) is 11.8 Å². The molecule has 2 amide bonds. The summed E-state index contributed by atoms with van der Waals surface area (Å²) in [6, 6.07) is 21.0. The third-order valence-electron chi connectivity index (χ3n) is 6.23. The van der Waals surface area contributed by atoms with Crippen molar-refractivity contribution in [1.29, 1.82) is 0 Å². The Bertz CT molecular complexity index is 1330. The summed E-state index contributed by atoms with van der Waals surface area (Å²) in [6.45, 7) is 3.82. The zero-order valence-corrected chi connectivity index (χ0v) is 24.7. The molecule has 0 saturated heterocycles. The molecule has 0 radical (unpaired) electrons. The summed E-state index contributed by atoms with van der Waals surface area (Å²) in [6.07, 6.45) is 1.74. The van der Waals surface area contributed by atoms with Gasteiger partial charge in [-0.25, -0.2) is 8.42 Å². The number of methoxy groups -OCH3 is 1. The van der Waals surface area contributed by atoms with Crippen molar-refractivity contribution in [3.63, 3.8) is 0 Å². The van der Waals surface area contributed by atoms with Gasteiger partial charge in [0.15, 0.2) is 0 Å². The number of carbonyl (C=O) groups excluding carboxylic acids is 2. The Morgan fingerprint density at radius 3 is 2.21 bits per heavy atom. The maximum absolute atomic E-state index is 13.9. The third kappa shape index (κ3) is 8.06. The maximum Gasteiger partial charge on any atom is 0.264 e. The molecule has 0 heterocycles. The monoisotopic (exact) mass is 615 g/mol. The van der Waals surface area contributed by atoms with Gasteiger partial charge < -0.3 is 15.0 Å². The van der Waals surface area contributed by atoms with Crippen molar-refractivity contribution in [3.05, 3.63) is 88.9 Å². The van der Waals surface area contributed by atoms with E-state index in [9.17, 15) is 18.0 Å². The van der Waals surface area contributed by atoms with Crippen LogP contribution >= 0.6 is 15.9 Å². The first-order chi connectivity index (χ1) is 18.7. The zero-order chi connectivity index (χ0) is 28.4. The van der Waals surface area contributed by atoms with Gasteiger partial charge in [0.25, 0.3) is 10.0 Å². The Labute approximate surface area is 239 Å². The summed E-state index contributed by atoms with van der Waals surface area (Å²) in [7, 11) is -2.59. The fourth-order valence-corrected chi connectivity index (χ4v) is 5.60. The predicted octanol–water partition coefficient (Wildman–Crippen LogP) is 4.99. The van der Waals surface area contributed by atoms with Crippen LogP contribution in [0.15, 0.2) is 88.2 Å². The van der Waals surface area contributed by atoms with Crippen LogP contribution in [0.5, 0.6) is 5.75 Å². The van der Waals surface area contributed by atoms with Gasteiger partial charge in [-0.15, -0.1) is 0 Å². The van der Waals surface area contributed by atoms with E-state index in [0.717, 1.165) is 27.2 Å².